The summed E-state index contributed by atoms with van der Waals surface area (Å²) < 4.78 is 4.92. The van der Waals surface area contributed by atoms with Crippen LogP contribution in [0.1, 0.15) is 32.8 Å². The third kappa shape index (κ3) is 4.00. The van der Waals surface area contributed by atoms with E-state index in [9.17, 15) is 14.9 Å². The molecule has 1 rings (SSSR count). The van der Waals surface area contributed by atoms with Gasteiger partial charge in [-0.2, -0.15) is 0 Å². The highest BCUT2D eigenvalue weighted by Gasteiger charge is 2.27. The first-order valence-corrected chi connectivity index (χ1v) is 6.55. The van der Waals surface area contributed by atoms with E-state index in [1.54, 1.807) is 19.1 Å². The molecule has 0 aliphatic rings. The minimum Gasteiger partial charge on any atom is -0.466 e. The van der Waals surface area contributed by atoms with Crippen molar-refractivity contribution < 1.29 is 14.5 Å². The van der Waals surface area contributed by atoms with Crippen LogP contribution in [0.2, 0.25) is 0 Å². The maximum absolute atomic E-state index is 11.6. The average molecular weight is 283 g/mol. The van der Waals surface area contributed by atoms with Crippen molar-refractivity contribution in [3.8, 4) is 0 Å². The summed E-state index contributed by atoms with van der Waals surface area (Å²) in [5, 5.41) is 11.5. The second kappa shape index (κ2) is 6.11. The molecule has 0 saturated carbocycles. The lowest BCUT2D eigenvalue weighted by atomic mass is 9.81. The minimum absolute atomic E-state index is 0.0411. The van der Waals surface area contributed by atoms with Crippen LogP contribution in [-0.2, 0) is 14.9 Å². The van der Waals surface area contributed by atoms with Crippen molar-refractivity contribution in [2.24, 2.45) is 0 Å². The molecule has 0 aliphatic carbocycles. The largest absolute Gasteiger partial charge is 0.466 e. The summed E-state index contributed by atoms with van der Waals surface area (Å²) in [5.74, 6) is -0.301. The van der Waals surface area contributed by atoms with E-state index in [0.717, 1.165) is 5.56 Å². The second-order valence-electron chi connectivity index (χ2n) is 4.90. The lowest BCUT2D eigenvalue weighted by Crippen LogP contribution is -2.24. The van der Waals surface area contributed by atoms with Gasteiger partial charge in [0, 0.05) is 16.8 Å². The molecule has 0 heterocycles. The van der Waals surface area contributed by atoms with E-state index >= 15 is 0 Å². The first-order valence-electron chi connectivity index (χ1n) is 5.98. The Labute approximate surface area is 114 Å². The standard InChI is InChI=1S/C13H18NO4P/c1-4-18-12(15)8-13(2,3)9-5-6-11(19)10(7-9)14(16)17/h5-7H,4,8,19H2,1-3H3. The van der Waals surface area contributed by atoms with E-state index < -0.39 is 10.3 Å². The van der Waals surface area contributed by atoms with Gasteiger partial charge in [-0.1, -0.05) is 29.2 Å². The van der Waals surface area contributed by atoms with E-state index in [2.05, 4.69) is 9.24 Å². The maximum atomic E-state index is 11.6. The molecule has 5 nitrogen and oxygen atoms in total. The zero-order valence-electron chi connectivity index (χ0n) is 11.3. The lowest BCUT2D eigenvalue weighted by molar-refractivity contribution is -0.383. The SMILES string of the molecule is CCOC(=O)CC(C)(C)c1ccc(P)c([N+](=O)[O-])c1. The van der Waals surface area contributed by atoms with Gasteiger partial charge < -0.3 is 4.74 Å². The minimum atomic E-state index is -0.505. The summed E-state index contributed by atoms with van der Waals surface area (Å²) in [4.78, 5) is 22.1. The van der Waals surface area contributed by atoms with Gasteiger partial charge in [0.25, 0.3) is 5.69 Å². The molecule has 1 aromatic carbocycles. The van der Waals surface area contributed by atoms with E-state index in [1.165, 1.54) is 6.07 Å². The Bertz CT molecular complexity index is 499. The van der Waals surface area contributed by atoms with Crippen LogP contribution in [0.3, 0.4) is 0 Å². The Balaban J connectivity index is 3.04. The molecule has 0 spiro atoms. The highest BCUT2D eigenvalue weighted by atomic mass is 31.0. The predicted molar refractivity (Wildman–Crippen MR) is 76.7 cm³/mol. The van der Waals surface area contributed by atoms with Crippen LogP contribution >= 0.6 is 9.24 Å². The van der Waals surface area contributed by atoms with Crippen molar-refractivity contribution in [2.75, 3.05) is 6.61 Å². The fourth-order valence-corrected chi connectivity index (χ4v) is 2.08. The van der Waals surface area contributed by atoms with Crippen LogP contribution in [0, 0.1) is 10.1 Å². The molecule has 0 fully saturated rings. The van der Waals surface area contributed by atoms with Gasteiger partial charge in [-0.3, -0.25) is 14.9 Å². The van der Waals surface area contributed by atoms with Gasteiger partial charge in [-0.15, -0.1) is 0 Å². The highest BCUT2D eigenvalue weighted by Crippen LogP contribution is 2.29. The molecule has 1 atom stereocenters. The predicted octanol–water partition coefficient (Wildman–Crippen LogP) is 2.33. The van der Waals surface area contributed by atoms with Crippen LogP contribution in [0.5, 0.6) is 0 Å². The molecule has 0 bridgehead atoms. The zero-order chi connectivity index (χ0) is 14.6. The molecule has 0 radical (unpaired) electrons. The number of carbonyl (C=O) groups excluding carboxylic acids is 1. The molecule has 0 aromatic heterocycles. The van der Waals surface area contributed by atoms with Crippen molar-refractivity contribution >= 4 is 26.2 Å². The molecule has 0 saturated heterocycles. The summed E-state index contributed by atoms with van der Waals surface area (Å²) in [6, 6.07) is 4.99. The Kier molecular flexibility index (Phi) is 5.01. The van der Waals surface area contributed by atoms with E-state index in [0.29, 0.717) is 11.9 Å². The summed E-state index contributed by atoms with van der Waals surface area (Å²) in [6.07, 6.45) is 0.189. The van der Waals surface area contributed by atoms with E-state index in [-0.39, 0.29) is 18.1 Å². The number of hydrogen-bond donors (Lipinski definition) is 0. The number of nitro benzene ring substituents is 1. The van der Waals surface area contributed by atoms with Crippen LogP contribution in [-0.4, -0.2) is 17.5 Å². The monoisotopic (exact) mass is 283 g/mol. The number of nitro groups is 1. The normalized spacial score (nSPS) is 11.2. The van der Waals surface area contributed by atoms with Crippen molar-refractivity contribution in [3.63, 3.8) is 0 Å². The molecule has 1 unspecified atom stereocenters. The van der Waals surface area contributed by atoms with Gasteiger partial charge in [-0.25, -0.2) is 0 Å². The Morgan fingerprint density at radius 2 is 2.11 bits per heavy atom. The van der Waals surface area contributed by atoms with Crippen LogP contribution in [0.4, 0.5) is 5.69 Å². The third-order valence-corrected chi connectivity index (χ3v) is 3.39. The molecule has 104 valence electrons. The van der Waals surface area contributed by atoms with Crippen LogP contribution in [0.25, 0.3) is 0 Å². The number of benzene rings is 1. The van der Waals surface area contributed by atoms with Crippen LogP contribution < -0.4 is 5.30 Å². The van der Waals surface area contributed by atoms with Crippen LogP contribution in [0.15, 0.2) is 18.2 Å². The molecule has 0 amide bonds. The molecular weight excluding hydrogens is 265 g/mol. The van der Waals surface area contributed by atoms with Gasteiger partial charge in [0.1, 0.15) is 0 Å². The number of ether oxygens (including phenoxy) is 1. The summed E-state index contributed by atoms with van der Waals surface area (Å²) in [7, 11) is 2.34. The highest BCUT2D eigenvalue weighted by molar-refractivity contribution is 7.27. The van der Waals surface area contributed by atoms with Crippen molar-refractivity contribution in [2.45, 2.75) is 32.6 Å². The number of hydrogen-bond acceptors (Lipinski definition) is 4. The Morgan fingerprint density at radius 3 is 2.63 bits per heavy atom. The molecular formula is C13H18NO4P. The first-order chi connectivity index (χ1) is 8.77. The van der Waals surface area contributed by atoms with Gasteiger partial charge >= 0.3 is 5.97 Å². The maximum Gasteiger partial charge on any atom is 0.306 e. The number of esters is 1. The van der Waals surface area contributed by atoms with Gasteiger partial charge in [0.2, 0.25) is 0 Å². The smallest absolute Gasteiger partial charge is 0.306 e. The zero-order valence-corrected chi connectivity index (χ0v) is 12.5. The number of rotatable bonds is 5. The summed E-state index contributed by atoms with van der Waals surface area (Å²) in [5.41, 5.74) is 0.285. The van der Waals surface area contributed by atoms with Crippen molar-refractivity contribution in [1.82, 2.24) is 0 Å². The summed E-state index contributed by atoms with van der Waals surface area (Å²) in [6.45, 7) is 5.81. The first kappa shape index (κ1) is 15.6. The second-order valence-corrected chi connectivity index (χ2v) is 5.52. The quantitative estimate of drug-likeness (QED) is 0.360. The lowest BCUT2D eigenvalue weighted by Gasteiger charge is -2.24. The fourth-order valence-electron chi connectivity index (χ4n) is 1.80. The average Bonchev–Trinajstić information content (AvgIpc) is 2.28. The number of carbonyl (C=O) groups is 1. The Hall–Kier alpha value is -1.48. The molecule has 6 heteroatoms. The fraction of sp³-hybridized carbons (Fsp3) is 0.462. The Morgan fingerprint density at radius 1 is 1.47 bits per heavy atom. The van der Waals surface area contributed by atoms with Gasteiger partial charge in [0.15, 0.2) is 0 Å². The van der Waals surface area contributed by atoms with Crippen molar-refractivity contribution in [1.29, 1.82) is 0 Å². The molecule has 0 aliphatic heterocycles. The summed E-state index contributed by atoms with van der Waals surface area (Å²) >= 11 is 0. The van der Waals surface area contributed by atoms with E-state index in [1.807, 2.05) is 13.8 Å². The topological polar surface area (TPSA) is 69.4 Å². The molecule has 0 N–H and O–H groups in total. The van der Waals surface area contributed by atoms with E-state index in [4.69, 9.17) is 4.74 Å². The third-order valence-electron chi connectivity index (χ3n) is 2.90. The molecule has 19 heavy (non-hydrogen) atoms. The van der Waals surface area contributed by atoms with Crippen molar-refractivity contribution in [3.05, 3.63) is 33.9 Å². The van der Waals surface area contributed by atoms with Gasteiger partial charge in [-0.05, 0) is 18.6 Å². The van der Waals surface area contributed by atoms with Gasteiger partial charge in [0.05, 0.1) is 18.0 Å². The number of nitrogens with zero attached hydrogens (tertiary/aromatic N) is 1. The molecule has 1 aromatic rings.